The molecule has 2 aliphatic carbocycles. The lowest BCUT2D eigenvalue weighted by Gasteiger charge is -1.52. The average Bonchev–Trinajstić information content (AvgIpc) is 2.43. The van der Waals surface area contributed by atoms with Crippen molar-refractivity contribution >= 4 is 0 Å². The molecule has 9 heavy (non-hydrogen) atoms. The van der Waals surface area contributed by atoms with Gasteiger partial charge in [-0.2, -0.15) is 0 Å². The van der Waals surface area contributed by atoms with Crippen LogP contribution < -0.4 is 0 Å². The molecule has 2 rings (SSSR count). The summed E-state index contributed by atoms with van der Waals surface area (Å²) >= 11 is 0. The first-order valence-corrected chi connectivity index (χ1v) is 3.09. The third-order valence-corrected chi connectivity index (χ3v) is 1.11. The highest BCUT2D eigenvalue weighted by Gasteiger charge is 2.06. The maximum Gasteiger partial charge on any atom is 0.0402 e. The van der Waals surface area contributed by atoms with Crippen molar-refractivity contribution in [2.75, 3.05) is 6.61 Å². The van der Waals surface area contributed by atoms with Crippen LogP contribution in [-0.2, 0) is 0 Å². The van der Waals surface area contributed by atoms with E-state index >= 15 is 0 Å². The van der Waals surface area contributed by atoms with Crippen molar-refractivity contribution < 1.29 is 5.11 Å². The van der Waals surface area contributed by atoms with E-state index in [0.717, 1.165) is 0 Å². The minimum atomic E-state index is 0.250. The van der Waals surface area contributed by atoms with E-state index in [0.29, 0.717) is 0 Å². The Hall–Kier alpha value is -0.820. The molecule has 0 atom stereocenters. The molecule has 0 unspecified atom stereocenters. The van der Waals surface area contributed by atoms with E-state index in [-0.39, 0.29) is 6.61 Å². The van der Waals surface area contributed by atoms with Gasteiger partial charge in [0.1, 0.15) is 0 Å². The van der Waals surface area contributed by atoms with Crippen LogP contribution in [0.4, 0.5) is 0 Å². The smallest absolute Gasteiger partial charge is 0.0402 e. The number of benzene rings is 1. The van der Waals surface area contributed by atoms with Crippen molar-refractivity contribution in [3.05, 3.63) is 24.3 Å². The summed E-state index contributed by atoms with van der Waals surface area (Å²) in [7, 11) is 0. The number of hydrogen-bond acceptors (Lipinski definition) is 1. The van der Waals surface area contributed by atoms with Crippen molar-refractivity contribution in [1.29, 1.82) is 0 Å². The number of aliphatic hydroxyl groups is 1. The average molecular weight is 122 g/mol. The van der Waals surface area contributed by atoms with Crippen LogP contribution in [0.2, 0.25) is 0 Å². The standard InChI is InChI=1S/C6H4.C2H6O/c1-2-5-4-6(5)3-1;1-2-3/h1-4H;3H,2H2,1H3. The van der Waals surface area contributed by atoms with Crippen LogP contribution in [-0.4, -0.2) is 11.7 Å². The summed E-state index contributed by atoms with van der Waals surface area (Å²) in [5, 5.41) is 7.57. The van der Waals surface area contributed by atoms with Gasteiger partial charge < -0.3 is 5.11 Å². The topological polar surface area (TPSA) is 20.2 Å². The Morgan fingerprint density at radius 3 is 1.89 bits per heavy atom. The van der Waals surface area contributed by atoms with Gasteiger partial charge in [0.25, 0.3) is 0 Å². The summed E-state index contributed by atoms with van der Waals surface area (Å²) in [5.74, 6) is 0. The first-order chi connectivity index (χ1) is 4.38. The zero-order valence-corrected chi connectivity index (χ0v) is 5.46. The third-order valence-electron chi connectivity index (χ3n) is 1.11. The molecule has 0 saturated carbocycles. The van der Waals surface area contributed by atoms with Crippen molar-refractivity contribution in [2.24, 2.45) is 0 Å². The Labute approximate surface area is 55.0 Å². The SMILES string of the molecule is CCO.c1cc2cc-2c1. The minimum absolute atomic E-state index is 0.250. The monoisotopic (exact) mass is 122 g/mol. The van der Waals surface area contributed by atoms with Gasteiger partial charge >= 0.3 is 0 Å². The summed E-state index contributed by atoms with van der Waals surface area (Å²) in [6.07, 6.45) is 0. The molecule has 0 saturated heterocycles. The van der Waals surface area contributed by atoms with Gasteiger partial charge in [0.2, 0.25) is 0 Å². The van der Waals surface area contributed by atoms with Gasteiger partial charge in [-0.15, -0.1) is 0 Å². The second kappa shape index (κ2) is 2.65. The van der Waals surface area contributed by atoms with Gasteiger partial charge in [-0.05, 0) is 24.1 Å². The minimum Gasteiger partial charge on any atom is -0.397 e. The van der Waals surface area contributed by atoms with Crippen LogP contribution in [0.15, 0.2) is 24.3 Å². The summed E-state index contributed by atoms with van der Waals surface area (Å²) < 4.78 is 0. The fourth-order valence-electron chi connectivity index (χ4n) is 0.676. The van der Waals surface area contributed by atoms with Crippen LogP contribution in [0, 0.1) is 0 Å². The van der Waals surface area contributed by atoms with Crippen LogP contribution in [0.1, 0.15) is 6.92 Å². The molecular formula is C8H10O. The predicted molar refractivity (Wildman–Crippen MR) is 38.2 cm³/mol. The summed E-state index contributed by atoms with van der Waals surface area (Å²) in [6.45, 7) is 1.93. The van der Waals surface area contributed by atoms with Gasteiger partial charge in [0, 0.05) is 6.61 Å². The molecule has 0 aliphatic heterocycles. The number of rotatable bonds is 0. The summed E-state index contributed by atoms with van der Waals surface area (Å²) in [4.78, 5) is 0. The van der Waals surface area contributed by atoms with Gasteiger partial charge in [0.05, 0.1) is 0 Å². The first kappa shape index (κ1) is 6.30. The number of fused-ring (bicyclic) bond motifs is 1. The highest BCUT2D eigenvalue weighted by molar-refractivity contribution is 5.80. The van der Waals surface area contributed by atoms with E-state index in [4.69, 9.17) is 5.11 Å². The van der Waals surface area contributed by atoms with Crippen molar-refractivity contribution in [1.82, 2.24) is 0 Å². The Morgan fingerprint density at radius 2 is 1.78 bits per heavy atom. The lowest BCUT2D eigenvalue weighted by Crippen LogP contribution is -1.57. The molecule has 1 heteroatoms. The number of hydrogen-bond donors (Lipinski definition) is 1. The summed E-state index contributed by atoms with van der Waals surface area (Å²) in [5.41, 5.74) is 2.85. The van der Waals surface area contributed by atoms with Crippen molar-refractivity contribution in [2.45, 2.75) is 6.92 Å². The Balaban J connectivity index is 0.000000120. The van der Waals surface area contributed by atoms with Crippen molar-refractivity contribution in [3.8, 4) is 11.1 Å². The Morgan fingerprint density at radius 1 is 1.33 bits per heavy atom. The maximum atomic E-state index is 7.57. The van der Waals surface area contributed by atoms with Crippen LogP contribution >= 0.6 is 0 Å². The molecule has 0 radical (unpaired) electrons. The molecule has 0 amide bonds. The fourth-order valence-corrected chi connectivity index (χ4v) is 0.676. The molecule has 0 fully saturated rings. The number of aliphatic hydroxyl groups excluding tert-OH is 1. The largest absolute Gasteiger partial charge is 0.397 e. The second-order valence-electron chi connectivity index (χ2n) is 1.90. The Bertz CT molecular complexity index is 176. The quantitative estimate of drug-likeness (QED) is 0.563. The highest BCUT2D eigenvalue weighted by Crippen LogP contribution is 2.32. The van der Waals surface area contributed by atoms with E-state index in [1.807, 2.05) is 0 Å². The van der Waals surface area contributed by atoms with Crippen LogP contribution in [0.25, 0.3) is 11.1 Å². The molecule has 1 N–H and O–H groups in total. The predicted octanol–water partition coefficient (Wildman–Crippen LogP) is 1.67. The molecule has 2 aliphatic rings. The van der Waals surface area contributed by atoms with Crippen molar-refractivity contribution in [3.63, 3.8) is 0 Å². The molecular weight excluding hydrogens is 112 g/mol. The normalized spacial score (nSPS) is 9.56. The molecule has 48 valence electrons. The van der Waals surface area contributed by atoms with Gasteiger partial charge in [-0.1, -0.05) is 18.2 Å². The van der Waals surface area contributed by atoms with Gasteiger partial charge in [0.15, 0.2) is 0 Å². The van der Waals surface area contributed by atoms with Crippen LogP contribution in [0.5, 0.6) is 0 Å². The molecule has 0 aromatic heterocycles. The maximum absolute atomic E-state index is 7.57. The zero-order valence-electron chi connectivity index (χ0n) is 5.46. The van der Waals surface area contributed by atoms with E-state index in [1.54, 1.807) is 6.92 Å². The molecule has 0 aromatic carbocycles. The second-order valence-corrected chi connectivity index (χ2v) is 1.90. The van der Waals surface area contributed by atoms with Gasteiger partial charge in [-0.25, -0.2) is 0 Å². The lowest BCUT2D eigenvalue weighted by atomic mass is 10.6. The molecule has 0 aromatic rings. The lowest BCUT2D eigenvalue weighted by molar-refractivity contribution is 0.318. The van der Waals surface area contributed by atoms with E-state index in [1.165, 1.54) is 11.1 Å². The van der Waals surface area contributed by atoms with Gasteiger partial charge in [-0.3, -0.25) is 0 Å². The molecule has 0 bridgehead atoms. The molecule has 0 heterocycles. The molecule has 0 spiro atoms. The fraction of sp³-hybridized carbons (Fsp3) is 0.250. The van der Waals surface area contributed by atoms with E-state index in [2.05, 4.69) is 24.3 Å². The first-order valence-electron chi connectivity index (χ1n) is 3.09. The Kier molecular flexibility index (Phi) is 1.85. The highest BCUT2D eigenvalue weighted by atomic mass is 16.2. The summed E-state index contributed by atoms with van der Waals surface area (Å²) in [6, 6.07) is 8.48. The van der Waals surface area contributed by atoms with E-state index in [9.17, 15) is 0 Å². The molecule has 1 nitrogen and oxygen atoms in total. The third kappa shape index (κ3) is 1.54. The van der Waals surface area contributed by atoms with E-state index < -0.39 is 0 Å². The van der Waals surface area contributed by atoms with Crippen LogP contribution in [0.3, 0.4) is 0 Å². The zero-order chi connectivity index (χ0) is 6.69.